The molecule has 2 aromatic rings. The lowest BCUT2D eigenvalue weighted by molar-refractivity contribution is -0.130. The van der Waals surface area contributed by atoms with E-state index in [4.69, 9.17) is 16.3 Å². The first-order valence-electron chi connectivity index (χ1n) is 9.21. The Kier molecular flexibility index (Phi) is 6.91. The summed E-state index contributed by atoms with van der Waals surface area (Å²) in [5, 5.41) is 0.648. The molecule has 27 heavy (non-hydrogen) atoms. The molecule has 3 rings (SSSR count). The maximum atomic E-state index is 13.0. The molecule has 0 saturated carbocycles. The molecule has 1 aliphatic rings. The van der Waals surface area contributed by atoms with Gasteiger partial charge in [0.05, 0.1) is 18.0 Å². The minimum atomic E-state index is -0.0658. The predicted molar refractivity (Wildman–Crippen MR) is 113 cm³/mol. The van der Waals surface area contributed by atoms with Crippen LogP contribution in [-0.4, -0.2) is 49.3 Å². The van der Waals surface area contributed by atoms with E-state index in [2.05, 4.69) is 17.9 Å². The highest BCUT2D eigenvalue weighted by Crippen LogP contribution is 2.30. The van der Waals surface area contributed by atoms with E-state index in [9.17, 15) is 4.79 Å². The summed E-state index contributed by atoms with van der Waals surface area (Å²) < 4.78 is 5.47. The molecule has 0 bridgehead atoms. The Hall–Kier alpha value is -1.85. The van der Waals surface area contributed by atoms with Crippen LogP contribution in [0.5, 0.6) is 5.75 Å². The molecule has 4 nitrogen and oxygen atoms in total. The average Bonchev–Trinajstić information content (AvgIpc) is 2.73. The molecular formula is C21H25ClN2O2S. The lowest BCUT2D eigenvalue weighted by Gasteiger charge is -2.37. The predicted octanol–water partition coefficient (Wildman–Crippen LogP) is 4.57. The summed E-state index contributed by atoms with van der Waals surface area (Å²) in [6.07, 6.45) is 0.804. The third-order valence-electron chi connectivity index (χ3n) is 4.76. The number of carbonyl (C=O) groups is 1. The van der Waals surface area contributed by atoms with Crippen LogP contribution < -0.4 is 9.64 Å². The molecule has 0 spiro atoms. The molecule has 0 radical (unpaired) electrons. The Balaban J connectivity index is 1.60. The van der Waals surface area contributed by atoms with Crippen molar-refractivity contribution in [3.8, 4) is 5.75 Å². The highest BCUT2D eigenvalue weighted by Gasteiger charge is 2.28. The fourth-order valence-corrected chi connectivity index (χ4v) is 4.41. The van der Waals surface area contributed by atoms with Crippen LogP contribution >= 0.6 is 23.4 Å². The number of piperazine rings is 1. The van der Waals surface area contributed by atoms with Crippen molar-refractivity contribution in [1.29, 1.82) is 0 Å². The van der Waals surface area contributed by atoms with Gasteiger partial charge in [0.25, 0.3) is 0 Å². The van der Waals surface area contributed by atoms with Crippen molar-refractivity contribution in [3.63, 3.8) is 0 Å². The van der Waals surface area contributed by atoms with E-state index < -0.39 is 0 Å². The largest absolute Gasteiger partial charge is 0.495 e. The Bertz CT molecular complexity index is 761. The molecule has 1 atom stereocenters. The second kappa shape index (κ2) is 9.38. The molecule has 1 heterocycles. The van der Waals surface area contributed by atoms with Crippen molar-refractivity contribution in [2.75, 3.05) is 38.2 Å². The van der Waals surface area contributed by atoms with Gasteiger partial charge in [0.15, 0.2) is 0 Å². The molecule has 1 saturated heterocycles. The summed E-state index contributed by atoms with van der Waals surface area (Å²) in [4.78, 5) is 18.4. The first-order valence-corrected chi connectivity index (χ1v) is 10.5. The molecule has 1 unspecified atom stereocenters. The highest BCUT2D eigenvalue weighted by molar-refractivity contribution is 8.00. The lowest BCUT2D eigenvalue weighted by atomic mass is 10.2. The van der Waals surface area contributed by atoms with Gasteiger partial charge < -0.3 is 14.5 Å². The second-order valence-electron chi connectivity index (χ2n) is 6.45. The number of carbonyl (C=O) groups excluding carboxylic acids is 1. The van der Waals surface area contributed by atoms with Gasteiger partial charge in [-0.25, -0.2) is 0 Å². The smallest absolute Gasteiger partial charge is 0.236 e. The van der Waals surface area contributed by atoms with Crippen molar-refractivity contribution in [1.82, 2.24) is 4.90 Å². The standard InChI is InChI=1S/C21H25ClN2O2S/c1-3-20(27-17-10-8-16(22)9-11-17)21(25)24-14-12-23(13-15-24)18-6-4-5-7-19(18)26-2/h4-11,20H,3,12-15H2,1-2H3. The first kappa shape index (κ1) is 19.9. The Labute approximate surface area is 170 Å². The van der Waals surface area contributed by atoms with Gasteiger partial charge in [0.2, 0.25) is 5.91 Å². The molecule has 144 valence electrons. The van der Waals surface area contributed by atoms with Crippen molar-refractivity contribution >= 4 is 35.0 Å². The fourth-order valence-electron chi connectivity index (χ4n) is 3.25. The molecular weight excluding hydrogens is 380 g/mol. The quantitative estimate of drug-likeness (QED) is 0.660. The average molecular weight is 405 g/mol. The topological polar surface area (TPSA) is 32.8 Å². The summed E-state index contributed by atoms with van der Waals surface area (Å²) in [5.74, 6) is 1.10. The Morgan fingerprint density at radius 3 is 2.41 bits per heavy atom. The molecule has 0 aromatic heterocycles. The van der Waals surface area contributed by atoms with Crippen molar-refractivity contribution in [3.05, 3.63) is 53.6 Å². The number of nitrogens with zero attached hydrogens (tertiary/aromatic N) is 2. The van der Waals surface area contributed by atoms with Crippen LogP contribution in [0.1, 0.15) is 13.3 Å². The summed E-state index contributed by atoms with van der Waals surface area (Å²) in [5.41, 5.74) is 1.09. The maximum absolute atomic E-state index is 13.0. The SMILES string of the molecule is CCC(Sc1ccc(Cl)cc1)C(=O)N1CCN(c2ccccc2OC)CC1. The van der Waals surface area contributed by atoms with Crippen LogP contribution in [0.15, 0.2) is 53.4 Å². The number of benzene rings is 2. The van der Waals surface area contributed by atoms with Gasteiger partial charge in [0.1, 0.15) is 5.75 Å². The summed E-state index contributed by atoms with van der Waals surface area (Å²) >= 11 is 7.57. The highest BCUT2D eigenvalue weighted by atomic mass is 35.5. The van der Waals surface area contributed by atoms with E-state index in [1.54, 1.807) is 18.9 Å². The van der Waals surface area contributed by atoms with Crippen LogP contribution in [0.25, 0.3) is 0 Å². The third kappa shape index (κ3) is 4.90. The second-order valence-corrected chi connectivity index (χ2v) is 8.17. The van der Waals surface area contributed by atoms with E-state index in [-0.39, 0.29) is 11.2 Å². The number of thioether (sulfide) groups is 1. The number of rotatable bonds is 6. The van der Waals surface area contributed by atoms with Crippen molar-refractivity contribution in [2.45, 2.75) is 23.5 Å². The van der Waals surface area contributed by atoms with Gasteiger partial charge in [-0.3, -0.25) is 4.79 Å². The zero-order chi connectivity index (χ0) is 19.2. The number of ether oxygens (including phenoxy) is 1. The number of hydrogen-bond acceptors (Lipinski definition) is 4. The fraction of sp³-hybridized carbons (Fsp3) is 0.381. The Morgan fingerprint density at radius 1 is 1.11 bits per heavy atom. The van der Waals surface area contributed by atoms with Crippen LogP contribution in [0.3, 0.4) is 0 Å². The van der Waals surface area contributed by atoms with Crippen LogP contribution in [0.4, 0.5) is 5.69 Å². The van der Waals surface area contributed by atoms with E-state index >= 15 is 0 Å². The zero-order valence-electron chi connectivity index (χ0n) is 15.7. The number of amides is 1. The van der Waals surface area contributed by atoms with Gasteiger partial charge in [-0.1, -0.05) is 30.7 Å². The van der Waals surface area contributed by atoms with Crippen LogP contribution in [0.2, 0.25) is 5.02 Å². The number of hydrogen-bond donors (Lipinski definition) is 0. The molecule has 2 aromatic carbocycles. The molecule has 1 aliphatic heterocycles. The van der Waals surface area contributed by atoms with Gasteiger partial charge in [-0.2, -0.15) is 0 Å². The summed E-state index contributed by atoms with van der Waals surface area (Å²) in [6.45, 7) is 5.15. The van der Waals surface area contributed by atoms with E-state index in [0.29, 0.717) is 5.02 Å². The molecule has 0 aliphatic carbocycles. The van der Waals surface area contributed by atoms with Gasteiger partial charge in [0, 0.05) is 36.1 Å². The lowest BCUT2D eigenvalue weighted by Crippen LogP contribution is -2.51. The molecule has 0 N–H and O–H groups in total. The molecule has 1 fully saturated rings. The third-order valence-corrected chi connectivity index (χ3v) is 6.37. The number of anilines is 1. The maximum Gasteiger partial charge on any atom is 0.236 e. The molecule has 6 heteroatoms. The van der Waals surface area contributed by atoms with Crippen molar-refractivity contribution in [2.24, 2.45) is 0 Å². The first-order chi connectivity index (χ1) is 13.1. The zero-order valence-corrected chi connectivity index (χ0v) is 17.3. The summed E-state index contributed by atoms with van der Waals surface area (Å²) in [6, 6.07) is 15.7. The normalized spacial score (nSPS) is 15.5. The van der Waals surface area contributed by atoms with E-state index in [1.807, 2.05) is 47.4 Å². The van der Waals surface area contributed by atoms with Gasteiger partial charge in [-0.05, 0) is 42.8 Å². The number of methoxy groups -OCH3 is 1. The van der Waals surface area contributed by atoms with E-state index in [1.165, 1.54) is 0 Å². The summed E-state index contributed by atoms with van der Waals surface area (Å²) in [7, 11) is 1.69. The van der Waals surface area contributed by atoms with Gasteiger partial charge in [-0.15, -0.1) is 11.8 Å². The van der Waals surface area contributed by atoms with Crippen molar-refractivity contribution < 1.29 is 9.53 Å². The van der Waals surface area contributed by atoms with Crippen LogP contribution in [0, 0.1) is 0 Å². The van der Waals surface area contributed by atoms with Crippen LogP contribution in [-0.2, 0) is 4.79 Å². The number of halogens is 1. The van der Waals surface area contributed by atoms with E-state index in [0.717, 1.165) is 48.9 Å². The monoisotopic (exact) mass is 404 g/mol. The Morgan fingerprint density at radius 2 is 1.78 bits per heavy atom. The van der Waals surface area contributed by atoms with Gasteiger partial charge >= 0.3 is 0 Å². The molecule has 1 amide bonds. The minimum Gasteiger partial charge on any atom is -0.495 e. The minimum absolute atomic E-state index is 0.0658. The number of para-hydroxylation sites is 2.